The van der Waals surface area contributed by atoms with E-state index in [2.05, 4.69) is 14.8 Å². The second kappa shape index (κ2) is 10.1. The Hall–Kier alpha value is -2.85. The molecule has 3 rings (SSSR count). The number of hydrogen-bond acceptors (Lipinski definition) is 6. The van der Waals surface area contributed by atoms with E-state index >= 15 is 0 Å². The van der Waals surface area contributed by atoms with Gasteiger partial charge in [-0.05, 0) is 24.6 Å². The Morgan fingerprint density at radius 2 is 1.93 bits per heavy atom. The summed E-state index contributed by atoms with van der Waals surface area (Å²) in [5, 5.41) is 13.7. The number of rotatable bonds is 6. The number of ether oxygens (including phenoxy) is 3. The first kappa shape index (κ1) is 22.4. The highest BCUT2D eigenvalue weighted by molar-refractivity contribution is 5.59. The fourth-order valence-corrected chi connectivity index (χ4v) is 2.53. The van der Waals surface area contributed by atoms with Gasteiger partial charge in [-0.2, -0.15) is 18.3 Å². The van der Waals surface area contributed by atoms with E-state index < -0.39 is 12.8 Å². The van der Waals surface area contributed by atoms with E-state index in [-0.39, 0.29) is 18.2 Å². The van der Waals surface area contributed by atoms with Crippen LogP contribution in [0.4, 0.5) is 13.2 Å². The average molecular weight is 413 g/mol. The fraction of sp³-hybridized carbons (Fsp3) is 0.368. The van der Waals surface area contributed by atoms with Crippen LogP contribution in [0.2, 0.25) is 0 Å². The Morgan fingerprint density at radius 3 is 2.55 bits per heavy atom. The monoisotopic (exact) mass is 413 g/mol. The number of aliphatic hydroxyl groups excluding tert-OH is 1. The van der Waals surface area contributed by atoms with Gasteiger partial charge in [0.25, 0.3) is 5.88 Å². The van der Waals surface area contributed by atoms with Crippen LogP contribution in [-0.2, 0) is 17.8 Å². The first-order valence-electron chi connectivity index (χ1n) is 8.66. The lowest BCUT2D eigenvalue weighted by Crippen LogP contribution is -2.19. The molecule has 0 aliphatic rings. The Morgan fingerprint density at radius 1 is 1.21 bits per heavy atom. The van der Waals surface area contributed by atoms with Crippen LogP contribution in [0.15, 0.2) is 36.7 Å². The zero-order valence-corrected chi connectivity index (χ0v) is 16.2. The number of alkyl halides is 3. The number of pyridine rings is 2. The van der Waals surface area contributed by atoms with Gasteiger partial charge in [0.15, 0.2) is 12.4 Å². The molecule has 0 saturated heterocycles. The lowest BCUT2D eigenvalue weighted by molar-refractivity contribution is -0.153. The van der Waals surface area contributed by atoms with Crippen LogP contribution in [0.25, 0.3) is 5.52 Å². The van der Waals surface area contributed by atoms with E-state index in [0.29, 0.717) is 17.9 Å². The molecule has 3 aromatic rings. The molecule has 3 heterocycles. The van der Waals surface area contributed by atoms with Crippen molar-refractivity contribution in [3.8, 4) is 17.4 Å². The van der Waals surface area contributed by atoms with Gasteiger partial charge in [-0.1, -0.05) is 6.92 Å². The summed E-state index contributed by atoms with van der Waals surface area (Å²) in [5.74, 6) is 0.193. The zero-order chi connectivity index (χ0) is 21.4. The first-order valence-corrected chi connectivity index (χ1v) is 8.66. The third-order valence-electron chi connectivity index (χ3n) is 3.64. The van der Waals surface area contributed by atoms with E-state index in [1.807, 2.05) is 6.92 Å². The Labute approximate surface area is 165 Å². The molecule has 0 bridgehead atoms. The molecule has 0 radical (unpaired) electrons. The summed E-state index contributed by atoms with van der Waals surface area (Å²) in [6.07, 6.45) is -0.761. The number of halogens is 3. The molecule has 10 heteroatoms. The largest absolute Gasteiger partial charge is 0.478 e. The molecule has 29 heavy (non-hydrogen) atoms. The standard InChI is InChI=1S/C17H16F3N3O3.C2H6O/c1-2-12-13(9-24)22-23-7-5-11(8-14(12)23)26-16-15(4-3-6-21-16)25-10-17(18,19)20;1-3-2/h3-8,24H,2,9-10H2,1H3;1-2H3. The predicted molar refractivity (Wildman–Crippen MR) is 99.3 cm³/mol. The number of aromatic nitrogens is 3. The molecule has 0 aliphatic heterocycles. The van der Waals surface area contributed by atoms with Crippen molar-refractivity contribution >= 4 is 5.52 Å². The second-order valence-electron chi connectivity index (χ2n) is 5.85. The van der Waals surface area contributed by atoms with E-state index in [0.717, 1.165) is 11.1 Å². The van der Waals surface area contributed by atoms with Gasteiger partial charge in [-0.15, -0.1) is 0 Å². The topological polar surface area (TPSA) is 78.1 Å². The summed E-state index contributed by atoms with van der Waals surface area (Å²) in [5.41, 5.74) is 2.17. The molecule has 158 valence electrons. The molecule has 0 unspecified atom stereocenters. The van der Waals surface area contributed by atoms with Crippen molar-refractivity contribution in [1.82, 2.24) is 14.6 Å². The molecule has 0 aliphatic carbocycles. The summed E-state index contributed by atoms with van der Waals surface area (Å²) in [4.78, 5) is 3.94. The number of methoxy groups -OCH3 is 1. The summed E-state index contributed by atoms with van der Waals surface area (Å²) >= 11 is 0. The van der Waals surface area contributed by atoms with Gasteiger partial charge < -0.3 is 19.3 Å². The van der Waals surface area contributed by atoms with Gasteiger partial charge >= 0.3 is 6.18 Å². The lowest BCUT2D eigenvalue weighted by atomic mass is 10.1. The Kier molecular flexibility index (Phi) is 7.80. The quantitative estimate of drug-likeness (QED) is 0.663. The maximum atomic E-state index is 12.4. The molecule has 0 aromatic carbocycles. The van der Waals surface area contributed by atoms with Crippen molar-refractivity contribution in [3.63, 3.8) is 0 Å². The van der Waals surface area contributed by atoms with Crippen molar-refractivity contribution in [3.05, 3.63) is 47.9 Å². The second-order valence-corrected chi connectivity index (χ2v) is 5.85. The third-order valence-corrected chi connectivity index (χ3v) is 3.64. The van der Waals surface area contributed by atoms with Crippen molar-refractivity contribution in [1.29, 1.82) is 0 Å². The van der Waals surface area contributed by atoms with Crippen molar-refractivity contribution in [2.75, 3.05) is 20.8 Å². The van der Waals surface area contributed by atoms with E-state index in [9.17, 15) is 18.3 Å². The minimum Gasteiger partial charge on any atom is -0.478 e. The average Bonchev–Trinajstić information content (AvgIpc) is 3.04. The number of fused-ring (bicyclic) bond motifs is 1. The van der Waals surface area contributed by atoms with Crippen molar-refractivity contribution in [2.24, 2.45) is 0 Å². The molecule has 7 nitrogen and oxygen atoms in total. The summed E-state index contributed by atoms with van der Waals surface area (Å²) < 4.78 is 53.4. The van der Waals surface area contributed by atoms with Crippen LogP contribution in [0.3, 0.4) is 0 Å². The van der Waals surface area contributed by atoms with Gasteiger partial charge in [-0.25, -0.2) is 9.50 Å². The van der Waals surface area contributed by atoms with Crippen molar-refractivity contribution < 1.29 is 32.5 Å². The molecule has 0 spiro atoms. The number of nitrogens with zero attached hydrogens (tertiary/aromatic N) is 3. The Balaban J connectivity index is 0.000000941. The highest BCUT2D eigenvalue weighted by Gasteiger charge is 2.29. The van der Waals surface area contributed by atoms with Crippen molar-refractivity contribution in [2.45, 2.75) is 26.1 Å². The minimum absolute atomic E-state index is 0.0685. The lowest BCUT2D eigenvalue weighted by Gasteiger charge is -2.12. The molecular weight excluding hydrogens is 391 g/mol. The molecule has 0 fully saturated rings. The van der Waals surface area contributed by atoms with Gasteiger partial charge in [-0.3, -0.25) is 0 Å². The van der Waals surface area contributed by atoms with Crippen LogP contribution >= 0.6 is 0 Å². The number of aryl methyl sites for hydroxylation is 1. The summed E-state index contributed by atoms with van der Waals surface area (Å²) in [6, 6.07) is 6.10. The highest BCUT2D eigenvalue weighted by Crippen LogP contribution is 2.31. The molecule has 3 aromatic heterocycles. The number of aliphatic hydroxyl groups is 1. The highest BCUT2D eigenvalue weighted by atomic mass is 19.4. The van der Waals surface area contributed by atoms with Gasteiger partial charge in [0.1, 0.15) is 5.75 Å². The first-order chi connectivity index (χ1) is 13.8. The van der Waals surface area contributed by atoms with E-state index in [4.69, 9.17) is 9.47 Å². The Bertz CT molecular complexity index is 929. The van der Waals surface area contributed by atoms with E-state index in [1.54, 1.807) is 37.1 Å². The predicted octanol–water partition coefficient (Wildman–Crippen LogP) is 3.78. The molecule has 1 N–H and O–H groups in total. The van der Waals surface area contributed by atoms with Gasteiger partial charge in [0, 0.05) is 38.2 Å². The molecular formula is C19H22F3N3O4. The van der Waals surface area contributed by atoms with Crippen LogP contribution in [0, 0.1) is 0 Å². The SMILES string of the molecule is CCc1c(CO)nn2ccc(Oc3ncccc3OCC(F)(F)F)cc12.COC. The van der Waals surface area contributed by atoms with Crippen LogP contribution in [0.5, 0.6) is 17.4 Å². The third kappa shape index (κ3) is 6.06. The zero-order valence-electron chi connectivity index (χ0n) is 16.2. The normalized spacial score (nSPS) is 11.1. The van der Waals surface area contributed by atoms with Crippen LogP contribution in [0.1, 0.15) is 18.2 Å². The van der Waals surface area contributed by atoms with Crippen LogP contribution in [-0.4, -0.2) is 46.7 Å². The maximum Gasteiger partial charge on any atom is 0.422 e. The number of hydrogen-bond donors (Lipinski definition) is 1. The minimum atomic E-state index is -4.46. The molecule has 0 atom stereocenters. The maximum absolute atomic E-state index is 12.4. The van der Waals surface area contributed by atoms with E-state index in [1.165, 1.54) is 18.3 Å². The summed E-state index contributed by atoms with van der Waals surface area (Å²) in [7, 11) is 3.25. The fourth-order valence-electron chi connectivity index (χ4n) is 2.53. The van der Waals surface area contributed by atoms with Crippen LogP contribution < -0.4 is 9.47 Å². The van der Waals surface area contributed by atoms with Gasteiger partial charge in [0.05, 0.1) is 17.8 Å². The smallest absolute Gasteiger partial charge is 0.422 e. The van der Waals surface area contributed by atoms with Gasteiger partial charge in [0.2, 0.25) is 0 Å². The molecule has 0 saturated carbocycles. The molecule has 0 amide bonds. The summed E-state index contributed by atoms with van der Waals surface area (Å²) in [6.45, 7) is 0.318.